The van der Waals surface area contributed by atoms with Crippen molar-refractivity contribution in [3.63, 3.8) is 0 Å². The normalized spacial score (nSPS) is 14.0. The lowest BCUT2D eigenvalue weighted by Crippen LogP contribution is -2.28. The monoisotopic (exact) mass is 209 g/mol. The van der Waals surface area contributed by atoms with Crippen molar-refractivity contribution in [2.75, 3.05) is 0 Å². The van der Waals surface area contributed by atoms with Crippen LogP contribution in [0.4, 0.5) is 4.39 Å². The van der Waals surface area contributed by atoms with Gasteiger partial charge in [-0.15, -0.1) is 0 Å². The van der Waals surface area contributed by atoms with Gasteiger partial charge in [0.05, 0.1) is 0 Å². The Morgan fingerprint density at radius 1 is 1.40 bits per heavy atom. The molecule has 0 aliphatic heterocycles. The van der Waals surface area contributed by atoms with E-state index in [0.717, 1.165) is 12.0 Å². The van der Waals surface area contributed by atoms with Gasteiger partial charge in [-0.3, -0.25) is 0 Å². The van der Waals surface area contributed by atoms with Gasteiger partial charge in [-0.2, -0.15) is 0 Å². The van der Waals surface area contributed by atoms with Crippen LogP contribution in [0.1, 0.15) is 38.3 Å². The van der Waals surface area contributed by atoms with Crippen molar-refractivity contribution in [2.45, 2.75) is 45.6 Å². The number of rotatable bonds is 3. The molecule has 1 nitrogen and oxygen atoms in total. The van der Waals surface area contributed by atoms with E-state index in [2.05, 4.69) is 13.8 Å². The number of hydrogen-bond donors (Lipinski definition) is 1. The van der Waals surface area contributed by atoms with Gasteiger partial charge < -0.3 is 5.73 Å². The van der Waals surface area contributed by atoms with Crippen molar-refractivity contribution in [2.24, 2.45) is 5.73 Å². The smallest absolute Gasteiger partial charge is 0.126 e. The summed E-state index contributed by atoms with van der Waals surface area (Å²) in [5.74, 6) is -0.134. The number of nitrogens with two attached hydrogens (primary N) is 1. The number of halogens is 1. The van der Waals surface area contributed by atoms with E-state index in [0.29, 0.717) is 5.56 Å². The van der Waals surface area contributed by atoms with Gasteiger partial charge in [0, 0.05) is 6.04 Å². The zero-order chi connectivity index (χ0) is 11.6. The average molecular weight is 209 g/mol. The lowest BCUT2D eigenvalue weighted by Gasteiger charge is -2.27. The lowest BCUT2D eigenvalue weighted by molar-refractivity contribution is 0.434. The summed E-state index contributed by atoms with van der Waals surface area (Å²) < 4.78 is 13.4. The Kier molecular flexibility index (Phi) is 3.50. The topological polar surface area (TPSA) is 26.0 Å². The Morgan fingerprint density at radius 2 is 2.00 bits per heavy atom. The highest BCUT2D eigenvalue weighted by Crippen LogP contribution is 2.29. The van der Waals surface area contributed by atoms with Crippen molar-refractivity contribution < 1.29 is 4.39 Å². The predicted octanol–water partition coefficient (Wildman–Crippen LogP) is 3.15. The fraction of sp³-hybridized carbons (Fsp3) is 0.538. The molecular weight excluding hydrogens is 189 g/mol. The summed E-state index contributed by atoms with van der Waals surface area (Å²) in [6.45, 7) is 7.95. The third-order valence-corrected chi connectivity index (χ3v) is 2.79. The lowest BCUT2D eigenvalue weighted by atomic mass is 9.79. The third-order valence-electron chi connectivity index (χ3n) is 2.79. The maximum absolute atomic E-state index is 13.4. The fourth-order valence-electron chi connectivity index (χ4n) is 1.94. The van der Waals surface area contributed by atoms with Gasteiger partial charge in [-0.25, -0.2) is 4.39 Å². The molecule has 1 aromatic carbocycles. The van der Waals surface area contributed by atoms with Gasteiger partial charge in [-0.05, 0) is 42.9 Å². The summed E-state index contributed by atoms with van der Waals surface area (Å²) in [5, 5.41) is 0. The van der Waals surface area contributed by atoms with Crippen LogP contribution < -0.4 is 5.73 Å². The molecule has 0 spiro atoms. The number of hydrogen-bond acceptors (Lipinski definition) is 1. The SMILES string of the molecule is Cc1ccc(C(C)(C)CC(C)N)cc1F. The highest BCUT2D eigenvalue weighted by atomic mass is 19.1. The van der Waals surface area contributed by atoms with Crippen molar-refractivity contribution in [1.29, 1.82) is 0 Å². The third kappa shape index (κ3) is 3.03. The van der Waals surface area contributed by atoms with Crippen LogP contribution in [0.15, 0.2) is 18.2 Å². The minimum atomic E-state index is -0.134. The average Bonchev–Trinajstić information content (AvgIpc) is 2.07. The first-order valence-electron chi connectivity index (χ1n) is 5.35. The van der Waals surface area contributed by atoms with Crippen LogP contribution in [0.3, 0.4) is 0 Å². The van der Waals surface area contributed by atoms with E-state index in [-0.39, 0.29) is 17.3 Å². The van der Waals surface area contributed by atoms with Crippen molar-refractivity contribution in [3.8, 4) is 0 Å². The molecular formula is C13H20FN. The highest BCUT2D eigenvalue weighted by Gasteiger charge is 2.22. The van der Waals surface area contributed by atoms with Crippen molar-refractivity contribution in [1.82, 2.24) is 0 Å². The van der Waals surface area contributed by atoms with Gasteiger partial charge >= 0.3 is 0 Å². The van der Waals surface area contributed by atoms with Crippen molar-refractivity contribution in [3.05, 3.63) is 35.1 Å². The van der Waals surface area contributed by atoms with Crippen LogP contribution in [0.5, 0.6) is 0 Å². The molecule has 0 bridgehead atoms. The molecule has 0 amide bonds. The van der Waals surface area contributed by atoms with E-state index in [9.17, 15) is 4.39 Å². The second-order valence-electron chi connectivity index (χ2n) is 5.03. The molecule has 0 aliphatic carbocycles. The van der Waals surface area contributed by atoms with Crippen LogP contribution in [0.2, 0.25) is 0 Å². The summed E-state index contributed by atoms with van der Waals surface area (Å²) in [5.41, 5.74) is 7.43. The summed E-state index contributed by atoms with van der Waals surface area (Å²) in [6, 6.07) is 5.57. The summed E-state index contributed by atoms with van der Waals surface area (Å²) in [4.78, 5) is 0. The maximum Gasteiger partial charge on any atom is 0.126 e. The van der Waals surface area contributed by atoms with Gasteiger partial charge in [0.1, 0.15) is 5.82 Å². The minimum absolute atomic E-state index is 0.0668. The standard InChI is InChI=1S/C13H20FN/c1-9-5-6-11(7-12(9)14)13(3,4)8-10(2)15/h5-7,10H,8,15H2,1-4H3. The Hall–Kier alpha value is -0.890. The fourth-order valence-corrected chi connectivity index (χ4v) is 1.94. The molecule has 2 N–H and O–H groups in total. The van der Waals surface area contributed by atoms with Crippen LogP contribution >= 0.6 is 0 Å². The van der Waals surface area contributed by atoms with E-state index in [1.165, 1.54) is 0 Å². The van der Waals surface area contributed by atoms with Gasteiger partial charge in [0.15, 0.2) is 0 Å². The summed E-state index contributed by atoms with van der Waals surface area (Å²) in [6.07, 6.45) is 0.857. The zero-order valence-electron chi connectivity index (χ0n) is 9.97. The highest BCUT2D eigenvalue weighted by molar-refractivity contribution is 5.29. The first-order chi connectivity index (χ1) is 6.83. The molecule has 0 aromatic heterocycles. The Labute approximate surface area is 91.5 Å². The Balaban J connectivity index is 2.99. The first kappa shape index (κ1) is 12.2. The quantitative estimate of drug-likeness (QED) is 0.813. The molecule has 0 radical (unpaired) electrons. The van der Waals surface area contributed by atoms with E-state index in [1.54, 1.807) is 13.0 Å². The largest absolute Gasteiger partial charge is 0.328 e. The zero-order valence-corrected chi connectivity index (χ0v) is 9.97. The van der Waals surface area contributed by atoms with E-state index in [1.807, 2.05) is 19.1 Å². The van der Waals surface area contributed by atoms with E-state index < -0.39 is 0 Å². The van der Waals surface area contributed by atoms with Crippen LogP contribution in [-0.4, -0.2) is 6.04 Å². The molecule has 0 saturated heterocycles. The molecule has 1 rings (SSSR count). The molecule has 1 atom stereocenters. The number of aryl methyl sites for hydroxylation is 1. The minimum Gasteiger partial charge on any atom is -0.328 e. The maximum atomic E-state index is 13.4. The van der Waals surface area contributed by atoms with Gasteiger partial charge in [0.2, 0.25) is 0 Å². The second kappa shape index (κ2) is 4.31. The molecule has 15 heavy (non-hydrogen) atoms. The molecule has 0 saturated carbocycles. The molecule has 1 unspecified atom stereocenters. The van der Waals surface area contributed by atoms with Gasteiger partial charge in [0.25, 0.3) is 0 Å². The molecule has 84 valence electrons. The Bertz CT molecular complexity index is 342. The van der Waals surface area contributed by atoms with E-state index in [4.69, 9.17) is 5.73 Å². The van der Waals surface area contributed by atoms with E-state index >= 15 is 0 Å². The number of benzene rings is 1. The predicted molar refractivity (Wildman–Crippen MR) is 62.4 cm³/mol. The van der Waals surface area contributed by atoms with Crippen molar-refractivity contribution >= 4 is 0 Å². The molecule has 1 aromatic rings. The molecule has 2 heteroatoms. The molecule has 0 heterocycles. The van der Waals surface area contributed by atoms with Crippen LogP contribution in [0.25, 0.3) is 0 Å². The molecule has 0 fully saturated rings. The Morgan fingerprint density at radius 3 is 2.47 bits per heavy atom. The second-order valence-corrected chi connectivity index (χ2v) is 5.03. The van der Waals surface area contributed by atoms with Crippen LogP contribution in [-0.2, 0) is 5.41 Å². The summed E-state index contributed by atoms with van der Waals surface area (Å²) in [7, 11) is 0. The molecule has 0 aliphatic rings. The van der Waals surface area contributed by atoms with Gasteiger partial charge in [-0.1, -0.05) is 26.0 Å². The summed E-state index contributed by atoms with van der Waals surface area (Å²) >= 11 is 0. The van der Waals surface area contributed by atoms with Crippen LogP contribution in [0, 0.1) is 12.7 Å². The first-order valence-corrected chi connectivity index (χ1v) is 5.35.